The molecule has 100 valence electrons. The molecule has 0 aliphatic carbocycles. The van der Waals surface area contributed by atoms with Crippen molar-refractivity contribution in [2.75, 3.05) is 0 Å². The fourth-order valence-electron chi connectivity index (χ4n) is 1.46. The van der Waals surface area contributed by atoms with Gasteiger partial charge < -0.3 is 5.11 Å². The van der Waals surface area contributed by atoms with Crippen LogP contribution in [0.3, 0.4) is 0 Å². The van der Waals surface area contributed by atoms with Crippen molar-refractivity contribution in [1.82, 2.24) is 0 Å². The number of hydrogen-bond acceptors (Lipinski definition) is 1. The summed E-state index contributed by atoms with van der Waals surface area (Å²) >= 11 is 6.90. The van der Waals surface area contributed by atoms with Crippen LogP contribution in [-0.4, -0.2) is 11.1 Å². The van der Waals surface area contributed by atoms with Crippen molar-refractivity contribution in [3.63, 3.8) is 0 Å². The lowest BCUT2D eigenvalue weighted by Crippen LogP contribution is -1.87. The van der Waals surface area contributed by atoms with Crippen LogP contribution in [-0.2, 0) is 4.79 Å². The third-order valence-corrected chi connectivity index (χ3v) is 3.29. The Bertz CT molecular complexity index is 549. The van der Waals surface area contributed by atoms with Crippen LogP contribution in [0.1, 0.15) is 19.4 Å². The molecule has 4 heteroatoms. The first-order valence-corrected chi connectivity index (χ1v) is 7.20. The molecule has 0 saturated heterocycles. The SMILES string of the molecule is C/C(=C/C=C/C(C)=C/C(=O)O)c1cc(Br)cc(Br)c1. The number of carboxylic acid groups (broad SMARTS) is 1. The smallest absolute Gasteiger partial charge is 0.328 e. The Kier molecular flexibility index (Phi) is 6.25. The van der Waals surface area contributed by atoms with Crippen molar-refractivity contribution in [2.24, 2.45) is 0 Å². The van der Waals surface area contributed by atoms with E-state index in [1.807, 2.05) is 37.3 Å². The molecule has 1 rings (SSSR count). The van der Waals surface area contributed by atoms with Crippen molar-refractivity contribution in [1.29, 1.82) is 0 Å². The van der Waals surface area contributed by atoms with Crippen LogP contribution in [0.15, 0.2) is 57.0 Å². The molecule has 0 aliphatic rings. The number of hydrogen-bond donors (Lipinski definition) is 1. The van der Waals surface area contributed by atoms with Crippen LogP contribution in [0.25, 0.3) is 5.57 Å². The number of halogens is 2. The highest BCUT2D eigenvalue weighted by Crippen LogP contribution is 2.24. The standard InChI is InChI=1S/C15H14Br2O2/c1-10(6-15(18)19)4-3-5-11(2)12-7-13(16)9-14(17)8-12/h3-9H,1-2H3,(H,18,19)/b4-3+,10-6+,11-5-. The quantitative estimate of drug-likeness (QED) is 0.571. The molecule has 1 N–H and O–H groups in total. The normalized spacial score (nSPS) is 13.1. The van der Waals surface area contributed by atoms with Gasteiger partial charge in [0.1, 0.15) is 0 Å². The molecule has 1 aromatic rings. The zero-order valence-electron chi connectivity index (χ0n) is 10.7. The van der Waals surface area contributed by atoms with Gasteiger partial charge in [0.25, 0.3) is 0 Å². The fraction of sp³-hybridized carbons (Fsp3) is 0.133. The average Bonchev–Trinajstić information content (AvgIpc) is 2.26. The van der Waals surface area contributed by atoms with Crippen LogP contribution in [0.5, 0.6) is 0 Å². The molecule has 0 radical (unpaired) electrons. The van der Waals surface area contributed by atoms with Gasteiger partial charge in [-0.2, -0.15) is 0 Å². The molecule has 0 saturated carbocycles. The topological polar surface area (TPSA) is 37.3 Å². The van der Waals surface area contributed by atoms with E-state index in [2.05, 4.69) is 31.9 Å². The largest absolute Gasteiger partial charge is 0.478 e. The molecule has 0 amide bonds. The highest BCUT2D eigenvalue weighted by atomic mass is 79.9. The molecule has 0 aromatic heterocycles. The maximum absolute atomic E-state index is 10.5. The fourth-order valence-corrected chi connectivity index (χ4v) is 2.76. The Hall–Kier alpha value is -1.13. The van der Waals surface area contributed by atoms with Crippen molar-refractivity contribution in [2.45, 2.75) is 13.8 Å². The Balaban J connectivity index is 2.88. The third-order valence-electron chi connectivity index (χ3n) is 2.37. The first-order chi connectivity index (χ1) is 8.88. The van der Waals surface area contributed by atoms with E-state index in [0.717, 1.165) is 20.1 Å². The van der Waals surface area contributed by atoms with Gasteiger partial charge in [0.05, 0.1) is 0 Å². The molecular formula is C15H14Br2O2. The molecule has 0 atom stereocenters. The van der Waals surface area contributed by atoms with Crippen LogP contribution in [0, 0.1) is 0 Å². The second kappa shape index (κ2) is 7.46. The molecule has 0 heterocycles. The lowest BCUT2D eigenvalue weighted by molar-refractivity contribution is -0.131. The summed E-state index contributed by atoms with van der Waals surface area (Å²) in [5.74, 6) is -0.932. The summed E-state index contributed by atoms with van der Waals surface area (Å²) in [5, 5.41) is 8.60. The highest BCUT2D eigenvalue weighted by molar-refractivity contribution is 9.11. The summed E-state index contributed by atoms with van der Waals surface area (Å²) in [6, 6.07) is 6.04. The summed E-state index contributed by atoms with van der Waals surface area (Å²) in [6.07, 6.45) is 6.74. The van der Waals surface area contributed by atoms with E-state index in [4.69, 9.17) is 5.11 Å². The van der Waals surface area contributed by atoms with E-state index in [0.29, 0.717) is 5.57 Å². The number of allylic oxidation sites excluding steroid dienone is 5. The highest BCUT2D eigenvalue weighted by Gasteiger charge is 1.98. The maximum atomic E-state index is 10.5. The maximum Gasteiger partial charge on any atom is 0.328 e. The van der Waals surface area contributed by atoms with E-state index >= 15 is 0 Å². The molecule has 19 heavy (non-hydrogen) atoms. The minimum absolute atomic E-state index is 0.701. The lowest BCUT2D eigenvalue weighted by atomic mass is 10.1. The molecule has 0 bridgehead atoms. The predicted octanol–water partition coefficient (Wildman–Crippen LogP) is 5.20. The van der Waals surface area contributed by atoms with Crippen molar-refractivity contribution >= 4 is 43.4 Å². The number of carbonyl (C=O) groups is 1. The van der Waals surface area contributed by atoms with E-state index in [1.165, 1.54) is 6.08 Å². The molecule has 0 aliphatic heterocycles. The molecule has 0 spiro atoms. The molecule has 2 nitrogen and oxygen atoms in total. The van der Waals surface area contributed by atoms with Crippen LogP contribution >= 0.6 is 31.9 Å². The second-order valence-electron chi connectivity index (χ2n) is 4.09. The average molecular weight is 386 g/mol. The Morgan fingerprint density at radius 1 is 1.16 bits per heavy atom. The van der Waals surface area contributed by atoms with Gasteiger partial charge in [-0.3, -0.25) is 0 Å². The minimum atomic E-state index is -0.932. The summed E-state index contributed by atoms with van der Waals surface area (Å²) in [5.41, 5.74) is 2.90. The molecular weight excluding hydrogens is 372 g/mol. The van der Waals surface area contributed by atoms with Crippen LogP contribution in [0.2, 0.25) is 0 Å². The molecule has 0 fully saturated rings. The van der Waals surface area contributed by atoms with Gasteiger partial charge in [0, 0.05) is 15.0 Å². The first-order valence-electron chi connectivity index (χ1n) is 5.61. The van der Waals surface area contributed by atoms with Crippen LogP contribution < -0.4 is 0 Å². The van der Waals surface area contributed by atoms with Gasteiger partial charge in [-0.25, -0.2) is 4.79 Å². The van der Waals surface area contributed by atoms with E-state index in [1.54, 1.807) is 13.0 Å². The van der Waals surface area contributed by atoms with Gasteiger partial charge in [0.2, 0.25) is 0 Å². The number of benzene rings is 1. The predicted molar refractivity (Wildman–Crippen MR) is 86.0 cm³/mol. The van der Waals surface area contributed by atoms with E-state index in [-0.39, 0.29) is 0 Å². The van der Waals surface area contributed by atoms with Crippen LogP contribution in [0.4, 0.5) is 0 Å². The Morgan fingerprint density at radius 3 is 2.26 bits per heavy atom. The zero-order chi connectivity index (χ0) is 14.4. The Morgan fingerprint density at radius 2 is 1.74 bits per heavy atom. The monoisotopic (exact) mass is 384 g/mol. The number of aliphatic carboxylic acids is 1. The van der Waals surface area contributed by atoms with Crippen molar-refractivity contribution in [3.8, 4) is 0 Å². The van der Waals surface area contributed by atoms with Gasteiger partial charge in [0.15, 0.2) is 0 Å². The molecule has 1 aromatic carbocycles. The van der Waals surface area contributed by atoms with Gasteiger partial charge >= 0.3 is 5.97 Å². The molecule has 0 unspecified atom stereocenters. The summed E-state index contributed by atoms with van der Waals surface area (Å²) in [7, 11) is 0. The zero-order valence-corrected chi connectivity index (χ0v) is 13.8. The first kappa shape index (κ1) is 15.9. The number of carboxylic acids is 1. The van der Waals surface area contributed by atoms with Crippen molar-refractivity contribution in [3.05, 3.63) is 62.6 Å². The minimum Gasteiger partial charge on any atom is -0.478 e. The van der Waals surface area contributed by atoms with Gasteiger partial charge in [-0.05, 0) is 48.8 Å². The van der Waals surface area contributed by atoms with Gasteiger partial charge in [-0.15, -0.1) is 0 Å². The van der Waals surface area contributed by atoms with E-state index in [9.17, 15) is 4.79 Å². The lowest BCUT2D eigenvalue weighted by Gasteiger charge is -2.03. The van der Waals surface area contributed by atoms with E-state index < -0.39 is 5.97 Å². The number of rotatable bonds is 4. The summed E-state index contributed by atoms with van der Waals surface area (Å²) < 4.78 is 2.02. The summed E-state index contributed by atoms with van der Waals surface area (Å²) in [4.78, 5) is 10.5. The third kappa shape index (κ3) is 6.03. The van der Waals surface area contributed by atoms with Crippen molar-refractivity contribution < 1.29 is 9.90 Å². The second-order valence-corrected chi connectivity index (χ2v) is 5.92. The Labute approximate surface area is 129 Å². The summed E-state index contributed by atoms with van der Waals surface area (Å²) in [6.45, 7) is 3.76. The van der Waals surface area contributed by atoms with Gasteiger partial charge in [-0.1, -0.05) is 50.1 Å².